The van der Waals surface area contributed by atoms with Crippen LogP contribution in [-0.2, 0) is 0 Å². The molecule has 0 saturated carbocycles. The minimum absolute atomic E-state index is 0.0338. The number of hydrogen-bond acceptors (Lipinski definition) is 4. The average Bonchev–Trinajstić information content (AvgIpc) is 3.15. The van der Waals surface area contributed by atoms with Crippen molar-refractivity contribution < 1.29 is 4.79 Å². The van der Waals surface area contributed by atoms with Gasteiger partial charge in [-0.2, -0.15) is 0 Å². The quantitative estimate of drug-likeness (QED) is 0.295. The van der Waals surface area contributed by atoms with Crippen molar-refractivity contribution in [3.63, 3.8) is 0 Å². The molecule has 0 aliphatic heterocycles. The predicted molar refractivity (Wildman–Crippen MR) is 109 cm³/mol. The van der Waals surface area contributed by atoms with Crippen LogP contribution in [0.15, 0.2) is 51.3 Å². The number of halogens is 1. The molecule has 0 unspecified atom stereocenters. The molecule has 0 atom stereocenters. The lowest BCUT2D eigenvalue weighted by molar-refractivity contribution is 0.104. The van der Waals surface area contributed by atoms with E-state index >= 15 is 0 Å². The third-order valence-electron chi connectivity index (χ3n) is 4.04. The molecule has 0 bridgehead atoms. The second kappa shape index (κ2) is 6.59. The number of imidazole rings is 1. The Kier molecular flexibility index (Phi) is 4.43. The molecule has 1 aromatic carbocycles. The zero-order chi connectivity index (χ0) is 17.6. The van der Waals surface area contributed by atoms with Gasteiger partial charge in [-0.05, 0) is 48.6 Å². The second-order valence-electron chi connectivity index (χ2n) is 5.68. The molecule has 0 aliphatic rings. The summed E-state index contributed by atoms with van der Waals surface area (Å²) in [5.41, 5.74) is 4.58. The number of fused-ring (bicyclic) bond motifs is 3. The first-order chi connectivity index (χ1) is 12.1. The molecule has 3 aromatic heterocycles. The summed E-state index contributed by atoms with van der Waals surface area (Å²) < 4.78 is 4.22. The molecular formula is C19H15BrN2OS2. The van der Waals surface area contributed by atoms with Gasteiger partial charge in [-0.3, -0.25) is 9.20 Å². The first kappa shape index (κ1) is 16.8. The van der Waals surface area contributed by atoms with Crippen LogP contribution in [-0.4, -0.2) is 20.9 Å². The van der Waals surface area contributed by atoms with Crippen molar-refractivity contribution >= 4 is 61.5 Å². The summed E-state index contributed by atoms with van der Waals surface area (Å²) in [6.45, 7) is 4.18. The van der Waals surface area contributed by atoms with Gasteiger partial charge in [0, 0.05) is 16.2 Å². The Morgan fingerprint density at radius 1 is 1.28 bits per heavy atom. The number of aryl methyl sites for hydroxylation is 1. The Morgan fingerprint density at radius 2 is 2.04 bits per heavy atom. The van der Waals surface area contributed by atoms with Gasteiger partial charge in [0.05, 0.1) is 9.73 Å². The fourth-order valence-electron chi connectivity index (χ4n) is 2.86. The fourth-order valence-corrected chi connectivity index (χ4v) is 5.49. The zero-order valence-corrected chi connectivity index (χ0v) is 17.0. The Balaban J connectivity index is 1.97. The number of carbonyl (C=O) groups is 1. The smallest absolute Gasteiger partial charge is 0.205 e. The van der Waals surface area contributed by atoms with Crippen LogP contribution in [0, 0.1) is 6.92 Å². The van der Waals surface area contributed by atoms with E-state index in [-0.39, 0.29) is 5.78 Å². The molecule has 0 saturated heterocycles. The number of pyridine rings is 1. The molecule has 3 heterocycles. The number of hydrogen-bond donors (Lipinski definition) is 0. The third kappa shape index (κ3) is 2.82. The monoisotopic (exact) mass is 430 g/mol. The molecule has 0 amide bonds. The van der Waals surface area contributed by atoms with E-state index in [0.29, 0.717) is 5.56 Å². The van der Waals surface area contributed by atoms with Gasteiger partial charge in [0.2, 0.25) is 5.78 Å². The highest BCUT2D eigenvalue weighted by atomic mass is 79.9. The lowest BCUT2D eigenvalue weighted by Crippen LogP contribution is -1.98. The van der Waals surface area contributed by atoms with Crippen molar-refractivity contribution in [2.24, 2.45) is 0 Å². The standard InChI is InChI=1S/C19H15BrN2OS2/c1-3-24-19-15-14(21-18-11(2)5-4-10-22(15)18)17(25-19)16(23)12-6-8-13(20)9-7-12/h4-10H,3H2,1-2H3. The van der Waals surface area contributed by atoms with Crippen LogP contribution in [0.4, 0.5) is 0 Å². The highest BCUT2D eigenvalue weighted by Gasteiger charge is 2.23. The van der Waals surface area contributed by atoms with Crippen LogP contribution in [0.25, 0.3) is 16.7 Å². The van der Waals surface area contributed by atoms with E-state index in [4.69, 9.17) is 4.98 Å². The van der Waals surface area contributed by atoms with E-state index in [1.807, 2.05) is 49.5 Å². The molecule has 0 fully saturated rings. The van der Waals surface area contributed by atoms with Crippen molar-refractivity contribution in [2.45, 2.75) is 18.1 Å². The van der Waals surface area contributed by atoms with Crippen LogP contribution in [0.1, 0.15) is 27.7 Å². The molecular weight excluding hydrogens is 416 g/mol. The van der Waals surface area contributed by atoms with Gasteiger partial charge in [-0.25, -0.2) is 4.98 Å². The molecule has 3 nitrogen and oxygen atoms in total. The predicted octanol–water partition coefficient (Wildman–Crippen LogP) is 5.96. The first-order valence-electron chi connectivity index (χ1n) is 7.93. The highest BCUT2D eigenvalue weighted by Crippen LogP contribution is 2.39. The molecule has 0 aliphatic carbocycles. The Hall–Kier alpha value is -1.63. The first-order valence-corrected chi connectivity index (χ1v) is 10.5. The van der Waals surface area contributed by atoms with Crippen LogP contribution >= 0.6 is 39.0 Å². The van der Waals surface area contributed by atoms with Crippen molar-refractivity contribution in [3.8, 4) is 0 Å². The number of ketones is 1. The second-order valence-corrected chi connectivity index (χ2v) is 9.15. The van der Waals surface area contributed by atoms with Gasteiger partial charge in [0.15, 0.2) is 0 Å². The SMILES string of the molecule is CCSc1sc(C(=O)c2ccc(Br)cc2)c2nc3c(C)cccn3c12. The highest BCUT2D eigenvalue weighted by molar-refractivity contribution is 9.10. The summed E-state index contributed by atoms with van der Waals surface area (Å²) in [6, 6.07) is 11.6. The maximum absolute atomic E-state index is 13.1. The van der Waals surface area contributed by atoms with Gasteiger partial charge in [-0.1, -0.05) is 28.9 Å². The molecule has 0 spiro atoms. The minimum atomic E-state index is 0.0338. The maximum Gasteiger partial charge on any atom is 0.205 e. The Bertz CT molecular complexity index is 1100. The number of nitrogens with zero attached hydrogens (tertiary/aromatic N) is 2. The van der Waals surface area contributed by atoms with Gasteiger partial charge >= 0.3 is 0 Å². The van der Waals surface area contributed by atoms with Crippen molar-refractivity contribution in [1.82, 2.24) is 9.38 Å². The molecule has 0 radical (unpaired) electrons. The number of thioether (sulfide) groups is 1. The molecule has 126 valence electrons. The summed E-state index contributed by atoms with van der Waals surface area (Å²) in [5, 5.41) is 0. The number of carbonyl (C=O) groups excluding carboxylic acids is 1. The molecule has 4 rings (SSSR count). The summed E-state index contributed by atoms with van der Waals surface area (Å²) >= 11 is 6.73. The number of benzene rings is 1. The number of aromatic nitrogens is 2. The summed E-state index contributed by atoms with van der Waals surface area (Å²) in [4.78, 5) is 18.6. The van der Waals surface area contributed by atoms with Crippen LogP contribution in [0.5, 0.6) is 0 Å². The van der Waals surface area contributed by atoms with E-state index in [1.165, 1.54) is 0 Å². The van der Waals surface area contributed by atoms with Crippen molar-refractivity contribution in [3.05, 3.63) is 63.1 Å². The molecule has 25 heavy (non-hydrogen) atoms. The third-order valence-corrected chi connectivity index (χ3v) is 6.87. The lowest BCUT2D eigenvalue weighted by atomic mass is 10.1. The van der Waals surface area contributed by atoms with E-state index in [2.05, 4.69) is 27.3 Å². The van der Waals surface area contributed by atoms with Gasteiger partial charge in [0.25, 0.3) is 0 Å². The van der Waals surface area contributed by atoms with Gasteiger partial charge in [-0.15, -0.1) is 23.1 Å². The van der Waals surface area contributed by atoms with E-state index in [1.54, 1.807) is 23.1 Å². The summed E-state index contributed by atoms with van der Waals surface area (Å²) in [6.07, 6.45) is 2.03. The number of thiophene rings is 1. The average molecular weight is 431 g/mol. The molecule has 0 N–H and O–H groups in total. The van der Waals surface area contributed by atoms with E-state index in [0.717, 1.165) is 41.6 Å². The topological polar surface area (TPSA) is 34.4 Å². The summed E-state index contributed by atoms with van der Waals surface area (Å²) in [5.74, 6) is 0.993. The molecule has 6 heteroatoms. The normalized spacial score (nSPS) is 11.5. The molecule has 4 aromatic rings. The summed E-state index contributed by atoms with van der Waals surface area (Å²) in [7, 11) is 0. The Morgan fingerprint density at radius 3 is 2.76 bits per heavy atom. The zero-order valence-electron chi connectivity index (χ0n) is 13.7. The maximum atomic E-state index is 13.1. The number of rotatable bonds is 4. The van der Waals surface area contributed by atoms with Gasteiger partial charge < -0.3 is 0 Å². The largest absolute Gasteiger partial charge is 0.298 e. The van der Waals surface area contributed by atoms with Crippen molar-refractivity contribution in [1.29, 1.82) is 0 Å². The minimum Gasteiger partial charge on any atom is -0.298 e. The lowest BCUT2D eigenvalue weighted by Gasteiger charge is -2.00. The van der Waals surface area contributed by atoms with E-state index in [9.17, 15) is 4.79 Å². The van der Waals surface area contributed by atoms with Crippen LogP contribution in [0.2, 0.25) is 0 Å². The Labute approximate surface area is 162 Å². The van der Waals surface area contributed by atoms with Crippen molar-refractivity contribution in [2.75, 3.05) is 5.75 Å². The van der Waals surface area contributed by atoms with Gasteiger partial charge in [0.1, 0.15) is 16.0 Å². The van der Waals surface area contributed by atoms with E-state index < -0.39 is 0 Å². The van der Waals surface area contributed by atoms with Crippen LogP contribution in [0.3, 0.4) is 0 Å². The fraction of sp³-hybridized carbons (Fsp3) is 0.158. The van der Waals surface area contributed by atoms with Crippen LogP contribution < -0.4 is 0 Å².